The summed E-state index contributed by atoms with van der Waals surface area (Å²) in [5.74, 6) is -4.17. The van der Waals surface area contributed by atoms with Crippen molar-refractivity contribution in [3.8, 4) is 0 Å². The quantitative estimate of drug-likeness (QED) is 0.764. The number of aromatic carboxylic acids is 2. The average Bonchev–Trinajstić information content (AvgIpc) is 2.59. The highest BCUT2D eigenvalue weighted by Crippen LogP contribution is 2.19. The number of carboxylic acids is 2. The predicted molar refractivity (Wildman–Crippen MR) is 90.2 cm³/mol. The second-order valence-corrected chi connectivity index (χ2v) is 5.57. The van der Waals surface area contributed by atoms with Gasteiger partial charge >= 0.3 is 11.9 Å². The molecule has 0 heterocycles. The molecule has 0 aliphatic heterocycles. The van der Waals surface area contributed by atoms with E-state index in [1.54, 1.807) is 0 Å². The zero-order chi connectivity index (χ0) is 19.6. The molecule has 0 radical (unpaired) electrons. The molecule has 0 spiro atoms. The molecule has 2 N–H and O–H groups in total. The lowest BCUT2D eigenvalue weighted by Gasteiger charge is -2.08. The van der Waals surface area contributed by atoms with Crippen molar-refractivity contribution in [3.05, 3.63) is 69.8 Å². The Balaban J connectivity index is 2.56. The topological polar surface area (TPSA) is 126 Å². The molecule has 132 valence electrons. The monoisotopic (exact) mass is 354 g/mol. The third-order valence-electron chi connectivity index (χ3n) is 3.78. The van der Waals surface area contributed by atoms with Crippen LogP contribution in [-0.2, 0) is 0 Å². The van der Waals surface area contributed by atoms with Crippen LogP contribution in [0.15, 0.2) is 36.4 Å². The number of carbonyl (C=O) groups is 5. The number of carbonyl (C=O) groups excluding carboxylic acids is 3. The van der Waals surface area contributed by atoms with E-state index in [1.807, 2.05) is 0 Å². The van der Waals surface area contributed by atoms with Gasteiger partial charge < -0.3 is 10.2 Å². The first-order valence-corrected chi connectivity index (χ1v) is 7.44. The van der Waals surface area contributed by atoms with Crippen LogP contribution in [0.25, 0.3) is 0 Å². The molecule has 2 rings (SSSR count). The highest BCUT2D eigenvalue weighted by Gasteiger charge is 2.20. The largest absolute Gasteiger partial charge is 0.478 e. The lowest BCUT2D eigenvalue weighted by atomic mass is 9.94. The lowest BCUT2D eigenvalue weighted by molar-refractivity contribution is 0.0683. The van der Waals surface area contributed by atoms with Crippen LogP contribution < -0.4 is 0 Å². The molecular formula is C19H14O7. The van der Waals surface area contributed by atoms with E-state index in [4.69, 9.17) is 10.2 Å². The van der Waals surface area contributed by atoms with E-state index >= 15 is 0 Å². The minimum atomic E-state index is -1.29. The molecule has 7 nitrogen and oxygen atoms in total. The maximum absolute atomic E-state index is 12.6. The smallest absolute Gasteiger partial charge is 0.336 e. The van der Waals surface area contributed by atoms with Crippen molar-refractivity contribution >= 4 is 29.3 Å². The van der Waals surface area contributed by atoms with Gasteiger partial charge in [-0.1, -0.05) is 12.1 Å². The second kappa shape index (κ2) is 7.10. The second-order valence-electron chi connectivity index (χ2n) is 5.57. The summed E-state index contributed by atoms with van der Waals surface area (Å²) < 4.78 is 0. The molecule has 0 saturated carbocycles. The summed E-state index contributed by atoms with van der Waals surface area (Å²) in [5.41, 5.74) is -0.565. The summed E-state index contributed by atoms with van der Waals surface area (Å²) in [4.78, 5) is 58.3. The molecule has 0 aliphatic carbocycles. The van der Waals surface area contributed by atoms with E-state index in [0.29, 0.717) is 0 Å². The Bertz CT molecular complexity index is 892. The van der Waals surface area contributed by atoms with Gasteiger partial charge in [0, 0.05) is 22.3 Å². The van der Waals surface area contributed by atoms with Gasteiger partial charge in [-0.05, 0) is 38.1 Å². The molecule has 0 amide bonds. The van der Waals surface area contributed by atoms with Gasteiger partial charge in [-0.25, -0.2) is 9.59 Å². The molecular weight excluding hydrogens is 340 g/mol. The molecule has 2 aromatic rings. The first-order chi connectivity index (χ1) is 12.1. The number of hydrogen-bond acceptors (Lipinski definition) is 5. The van der Waals surface area contributed by atoms with Gasteiger partial charge in [-0.2, -0.15) is 0 Å². The van der Waals surface area contributed by atoms with Gasteiger partial charge in [-0.15, -0.1) is 0 Å². The van der Waals surface area contributed by atoms with Crippen molar-refractivity contribution in [1.29, 1.82) is 0 Å². The normalized spacial score (nSPS) is 10.2. The third-order valence-corrected chi connectivity index (χ3v) is 3.78. The highest BCUT2D eigenvalue weighted by molar-refractivity contribution is 6.14. The maximum Gasteiger partial charge on any atom is 0.336 e. The number of carboxylic acid groups (broad SMARTS) is 2. The van der Waals surface area contributed by atoms with E-state index in [0.717, 1.165) is 12.1 Å². The fraction of sp³-hybridized carbons (Fsp3) is 0.105. The minimum Gasteiger partial charge on any atom is -0.478 e. The number of benzene rings is 2. The molecule has 0 fully saturated rings. The van der Waals surface area contributed by atoms with Gasteiger partial charge in [0.25, 0.3) is 0 Å². The highest BCUT2D eigenvalue weighted by atomic mass is 16.4. The predicted octanol–water partition coefficient (Wildman–Crippen LogP) is 2.72. The van der Waals surface area contributed by atoms with Crippen LogP contribution in [0.1, 0.15) is 71.2 Å². The van der Waals surface area contributed by atoms with Crippen LogP contribution >= 0.6 is 0 Å². The summed E-state index contributed by atoms with van der Waals surface area (Å²) in [6.45, 7) is 2.37. The Hall–Kier alpha value is -3.61. The summed E-state index contributed by atoms with van der Waals surface area (Å²) in [5, 5.41) is 18.2. The summed E-state index contributed by atoms with van der Waals surface area (Å²) >= 11 is 0. The van der Waals surface area contributed by atoms with Gasteiger partial charge in [-0.3, -0.25) is 14.4 Å². The van der Waals surface area contributed by atoms with Crippen LogP contribution in [0, 0.1) is 0 Å². The van der Waals surface area contributed by atoms with Crippen molar-refractivity contribution in [2.75, 3.05) is 0 Å². The van der Waals surface area contributed by atoms with Crippen molar-refractivity contribution < 1.29 is 34.2 Å². The average molecular weight is 354 g/mol. The Labute approximate surface area is 147 Å². The van der Waals surface area contributed by atoms with Crippen LogP contribution in [0.2, 0.25) is 0 Å². The van der Waals surface area contributed by atoms with E-state index in [2.05, 4.69) is 0 Å². The summed E-state index contributed by atoms with van der Waals surface area (Å²) in [6, 6.07) is 7.18. The number of ketones is 3. The van der Waals surface area contributed by atoms with Gasteiger partial charge in [0.1, 0.15) is 0 Å². The van der Waals surface area contributed by atoms with Crippen molar-refractivity contribution in [2.45, 2.75) is 13.8 Å². The zero-order valence-electron chi connectivity index (χ0n) is 13.9. The minimum absolute atomic E-state index is 0.0535. The van der Waals surface area contributed by atoms with Crippen LogP contribution in [0.5, 0.6) is 0 Å². The van der Waals surface area contributed by atoms with E-state index < -0.39 is 29.3 Å². The van der Waals surface area contributed by atoms with Crippen LogP contribution in [0.3, 0.4) is 0 Å². The van der Waals surface area contributed by atoms with Crippen molar-refractivity contribution in [2.24, 2.45) is 0 Å². The first-order valence-electron chi connectivity index (χ1n) is 7.44. The molecule has 0 aliphatic rings. The molecule has 0 bridgehead atoms. The molecule has 0 atom stereocenters. The van der Waals surface area contributed by atoms with Gasteiger partial charge in [0.05, 0.1) is 11.1 Å². The van der Waals surface area contributed by atoms with Gasteiger partial charge in [0.15, 0.2) is 17.3 Å². The Morgan fingerprint density at radius 1 is 0.615 bits per heavy atom. The maximum atomic E-state index is 12.6. The molecule has 0 saturated heterocycles. The number of rotatable bonds is 6. The van der Waals surface area contributed by atoms with Crippen LogP contribution in [-0.4, -0.2) is 39.5 Å². The fourth-order valence-electron chi connectivity index (χ4n) is 2.49. The van der Waals surface area contributed by atoms with E-state index in [1.165, 1.54) is 38.1 Å². The molecule has 7 heteroatoms. The Morgan fingerprint density at radius 3 is 1.23 bits per heavy atom. The Morgan fingerprint density at radius 2 is 0.962 bits per heavy atom. The first kappa shape index (κ1) is 18.7. The number of Topliss-reactive ketones (excluding diaryl/α,β-unsaturated/α-hetero) is 2. The Kier molecular flexibility index (Phi) is 5.11. The van der Waals surface area contributed by atoms with Crippen molar-refractivity contribution in [3.63, 3.8) is 0 Å². The SMILES string of the molecule is CC(=O)c1cc(C(=O)c2ccc(C(=O)O)c(C(C)=O)c2)ccc1C(=O)O. The van der Waals surface area contributed by atoms with Gasteiger partial charge in [0.2, 0.25) is 0 Å². The van der Waals surface area contributed by atoms with Crippen LogP contribution in [0.4, 0.5) is 0 Å². The number of hydrogen-bond donors (Lipinski definition) is 2. The summed E-state index contributed by atoms with van der Waals surface area (Å²) in [6.07, 6.45) is 0. The fourth-order valence-corrected chi connectivity index (χ4v) is 2.49. The molecule has 0 unspecified atom stereocenters. The third kappa shape index (κ3) is 3.56. The van der Waals surface area contributed by atoms with E-state index in [9.17, 15) is 24.0 Å². The summed E-state index contributed by atoms with van der Waals surface area (Å²) in [7, 11) is 0. The molecule has 0 aromatic heterocycles. The standard InChI is InChI=1S/C19H14O7/c1-9(20)15-7-11(3-5-13(15)18(23)24)17(22)12-4-6-14(19(25)26)16(8-12)10(2)21/h3-8H,1-2H3,(H,23,24)(H,25,26). The lowest BCUT2D eigenvalue weighted by Crippen LogP contribution is -2.11. The van der Waals surface area contributed by atoms with Crippen molar-refractivity contribution in [1.82, 2.24) is 0 Å². The molecule has 2 aromatic carbocycles. The van der Waals surface area contributed by atoms with E-state index in [-0.39, 0.29) is 33.4 Å². The molecule has 26 heavy (non-hydrogen) atoms. The zero-order valence-corrected chi connectivity index (χ0v) is 13.9.